The van der Waals surface area contributed by atoms with Gasteiger partial charge >= 0.3 is 11.9 Å². The zero-order chi connectivity index (χ0) is 23.1. The summed E-state index contributed by atoms with van der Waals surface area (Å²) in [5.41, 5.74) is 4.93. The lowest BCUT2D eigenvalue weighted by molar-refractivity contribution is -0.143. The number of fused-ring (bicyclic) bond motifs is 6. The van der Waals surface area contributed by atoms with Crippen molar-refractivity contribution < 1.29 is 23.8 Å². The first-order valence-corrected chi connectivity index (χ1v) is 10.9. The number of rotatable bonds is 4. The molecule has 4 atom stereocenters. The molecular weight excluding hydrogens is 418 g/mol. The van der Waals surface area contributed by atoms with Gasteiger partial charge in [-0.15, -0.1) is 0 Å². The van der Waals surface area contributed by atoms with E-state index in [0.29, 0.717) is 5.75 Å². The quantitative estimate of drug-likeness (QED) is 0.565. The van der Waals surface area contributed by atoms with Gasteiger partial charge in [0.25, 0.3) is 0 Å². The van der Waals surface area contributed by atoms with Crippen molar-refractivity contribution in [3.63, 3.8) is 0 Å². The number of carbonyl (C=O) groups excluding carboxylic acids is 2. The van der Waals surface area contributed by atoms with Gasteiger partial charge in [0.05, 0.1) is 21.3 Å². The first-order chi connectivity index (χ1) is 16.1. The maximum atomic E-state index is 13.3. The highest BCUT2D eigenvalue weighted by Crippen LogP contribution is 2.57. The molecule has 33 heavy (non-hydrogen) atoms. The molecule has 168 valence electrons. The van der Waals surface area contributed by atoms with Crippen LogP contribution in [0.4, 0.5) is 5.69 Å². The van der Waals surface area contributed by atoms with Gasteiger partial charge in [0.1, 0.15) is 17.8 Å². The molecule has 1 aliphatic heterocycles. The lowest BCUT2D eigenvalue weighted by atomic mass is 9.69. The molecule has 1 saturated heterocycles. The van der Waals surface area contributed by atoms with Crippen molar-refractivity contribution in [2.45, 2.75) is 23.9 Å². The van der Waals surface area contributed by atoms with Crippen LogP contribution in [0.5, 0.6) is 5.75 Å². The minimum Gasteiger partial charge on any atom is -0.497 e. The number of ether oxygens (including phenoxy) is 3. The minimum atomic E-state index is -0.702. The van der Waals surface area contributed by atoms with E-state index in [1.165, 1.54) is 14.2 Å². The van der Waals surface area contributed by atoms with Crippen molar-refractivity contribution in [1.29, 1.82) is 0 Å². The summed E-state index contributed by atoms with van der Waals surface area (Å²) >= 11 is 0. The third-order valence-electron chi connectivity index (χ3n) is 6.85. The zero-order valence-corrected chi connectivity index (χ0v) is 18.7. The first kappa shape index (κ1) is 21.1. The summed E-state index contributed by atoms with van der Waals surface area (Å²) in [6, 6.07) is 22.1. The fraction of sp³-hybridized carbons (Fsp3) is 0.259. The predicted molar refractivity (Wildman–Crippen MR) is 124 cm³/mol. The van der Waals surface area contributed by atoms with E-state index in [1.807, 2.05) is 65.6 Å². The van der Waals surface area contributed by atoms with E-state index in [4.69, 9.17) is 14.2 Å². The summed E-state index contributed by atoms with van der Waals surface area (Å²) in [6.45, 7) is 0. The Labute approximate surface area is 192 Å². The SMILES string of the molecule is COC(=O)[C@@H]1[C@@H]2c3ccccc3-c3ccccc3[C@@H]2[C@H](C(=O)OC)N1c1ccc(OC)cc1. The molecule has 0 aromatic heterocycles. The van der Waals surface area contributed by atoms with Crippen LogP contribution in [0.2, 0.25) is 0 Å². The Bertz CT molecular complexity index is 1130. The highest BCUT2D eigenvalue weighted by molar-refractivity contribution is 5.93. The molecule has 1 aliphatic carbocycles. The number of esters is 2. The van der Waals surface area contributed by atoms with Crippen LogP contribution in [-0.4, -0.2) is 45.4 Å². The van der Waals surface area contributed by atoms with Crippen LogP contribution in [0.3, 0.4) is 0 Å². The highest BCUT2D eigenvalue weighted by Gasteiger charge is 2.59. The van der Waals surface area contributed by atoms with E-state index in [9.17, 15) is 9.59 Å². The number of carbonyl (C=O) groups is 2. The smallest absolute Gasteiger partial charge is 0.329 e. The van der Waals surface area contributed by atoms with Crippen LogP contribution in [0.25, 0.3) is 11.1 Å². The fourth-order valence-electron chi connectivity index (χ4n) is 5.54. The standard InChI is InChI=1S/C27H25NO5/c1-31-17-14-12-16(13-15-17)28-24(26(29)32-2)22-20-10-6-4-8-18(20)19-9-5-7-11-21(19)23(22)25(28)27(30)33-3/h4-15,22-25H,1-3H3/t22-,23+,24+,25-. The summed E-state index contributed by atoms with van der Waals surface area (Å²) in [6.07, 6.45) is 0. The molecule has 1 fully saturated rings. The number of nitrogens with zero attached hydrogens (tertiary/aromatic N) is 1. The minimum absolute atomic E-state index is 0.283. The molecule has 3 aromatic carbocycles. The van der Waals surface area contributed by atoms with Crippen molar-refractivity contribution in [2.24, 2.45) is 0 Å². The highest BCUT2D eigenvalue weighted by atomic mass is 16.5. The van der Waals surface area contributed by atoms with E-state index in [2.05, 4.69) is 12.1 Å². The summed E-state index contributed by atoms with van der Waals surface area (Å²) in [5, 5.41) is 0. The van der Waals surface area contributed by atoms with E-state index in [0.717, 1.165) is 27.9 Å². The predicted octanol–water partition coefficient (Wildman–Crippen LogP) is 4.15. The van der Waals surface area contributed by atoms with Crippen LogP contribution in [0.15, 0.2) is 72.8 Å². The zero-order valence-electron chi connectivity index (χ0n) is 18.7. The van der Waals surface area contributed by atoms with Crippen molar-refractivity contribution in [1.82, 2.24) is 0 Å². The molecule has 1 heterocycles. The normalized spacial score (nSPS) is 22.6. The van der Waals surface area contributed by atoms with Gasteiger partial charge in [-0.05, 0) is 46.5 Å². The Hall–Kier alpha value is -3.80. The number of hydrogen-bond donors (Lipinski definition) is 0. The molecule has 5 rings (SSSR count). The summed E-state index contributed by atoms with van der Waals surface area (Å²) in [5.74, 6) is -0.650. The van der Waals surface area contributed by atoms with Crippen LogP contribution in [-0.2, 0) is 19.1 Å². The van der Waals surface area contributed by atoms with Gasteiger partial charge in [-0.1, -0.05) is 48.5 Å². The maximum Gasteiger partial charge on any atom is 0.329 e. The maximum absolute atomic E-state index is 13.3. The van der Waals surface area contributed by atoms with Crippen molar-refractivity contribution in [3.8, 4) is 16.9 Å². The van der Waals surface area contributed by atoms with Gasteiger partial charge in [0.15, 0.2) is 0 Å². The second kappa shape index (κ2) is 8.28. The van der Waals surface area contributed by atoms with E-state index in [-0.39, 0.29) is 23.8 Å². The second-order valence-corrected chi connectivity index (χ2v) is 8.27. The average Bonchev–Trinajstić information content (AvgIpc) is 3.24. The number of benzene rings is 3. The third-order valence-corrected chi connectivity index (χ3v) is 6.85. The Morgan fingerprint density at radius 3 is 1.55 bits per heavy atom. The van der Waals surface area contributed by atoms with E-state index >= 15 is 0 Å². The largest absolute Gasteiger partial charge is 0.497 e. The molecular formula is C27H25NO5. The molecule has 3 aromatic rings. The average molecular weight is 443 g/mol. The van der Waals surface area contributed by atoms with Gasteiger partial charge in [0.2, 0.25) is 0 Å². The summed E-state index contributed by atoms with van der Waals surface area (Å²) in [7, 11) is 4.37. The second-order valence-electron chi connectivity index (χ2n) is 8.27. The van der Waals surface area contributed by atoms with E-state index in [1.54, 1.807) is 7.11 Å². The van der Waals surface area contributed by atoms with Crippen LogP contribution in [0.1, 0.15) is 23.0 Å². The van der Waals surface area contributed by atoms with Crippen molar-refractivity contribution in [3.05, 3.63) is 83.9 Å². The molecule has 6 heteroatoms. The molecule has 0 N–H and O–H groups in total. The Morgan fingerprint density at radius 2 is 1.12 bits per heavy atom. The first-order valence-electron chi connectivity index (χ1n) is 10.9. The Balaban J connectivity index is 1.79. The summed E-state index contributed by atoms with van der Waals surface area (Å²) < 4.78 is 15.9. The van der Waals surface area contributed by atoms with Gasteiger partial charge in [-0.25, -0.2) is 9.59 Å². The number of hydrogen-bond acceptors (Lipinski definition) is 6. The Kier molecular flexibility index (Phi) is 5.29. The molecule has 0 spiro atoms. The van der Waals surface area contributed by atoms with Crippen LogP contribution < -0.4 is 9.64 Å². The molecule has 0 radical (unpaired) electrons. The van der Waals surface area contributed by atoms with Gasteiger partial charge < -0.3 is 19.1 Å². The van der Waals surface area contributed by atoms with Gasteiger partial charge in [-0.3, -0.25) is 0 Å². The molecule has 0 unspecified atom stereocenters. The van der Waals surface area contributed by atoms with Gasteiger partial charge in [-0.2, -0.15) is 0 Å². The molecule has 0 saturated carbocycles. The third kappa shape index (κ3) is 3.17. The van der Waals surface area contributed by atoms with E-state index < -0.39 is 12.1 Å². The fourth-order valence-corrected chi connectivity index (χ4v) is 5.54. The lowest BCUT2D eigenvalue weighted by Gasteiger charge is -2.33. The lowest BCUT2D eigenvalue weighted by Crippen LogP contribution is -2.46. The van der Waals surface area contributed by atoms with Crippen molar-refractivity contribution in [2.75, 3.05) is 26.2 Å². The Morgan fingerprint density at radius 1 is 0.667 bits per heavy atom. The van der Waals surface area contributed by atoms with Gasteiger partial charge in [0, 0.05) is 17.5 Å². The molecule has 2 aliphatic rings. The van der Waals surface area contributed by atoms with Crippen molar-refractivity contribution >= 4 is 17.6 Å². The molecule has 0 bridgehead atoms. The van der Waals surface area contributed by atoms with Crippen LogP contribution in [0, 0.1) is 0 Å². The molecule has 0 amide bonds. The number of anilines is 1. The number of methoxy groups -OCH3 is 3. The monoisotopic (exact) mass is 443 g/mol. The van der Waals surface area contributed by atoms with Crippen LogP contribution >= 0.6 is 0 Å². The molecule has 6 nitrogen and oxygen atoms in total. The topological polar surface area (TPSA) is 65.1 Å². The summed E-state index contributed by atoms with van der Waals surface area (Å²) in [4.78, 5) is 28.5.